The van der Waals surface area contributed by atoms with Crippen molar-refractivity contribution >= 4 is 46.3 Å². The first kappa shape index (κ1) is 19.2. The summed E-state index contributed by atoms with van der Waals surface area (Å²) >= 11 is 12.0. The summed E-state index contributed by atoms with van der Waals surface area (Å²) in [5, 5.41) is 12.0. The molecule has 1 N–H and O–H groups in total. The minimum atomic E-state index is -0.798. The van der Waals surface area contributed by atoms with Crippen molar-refractivity contribution in [1.29, 1.82) is 0 Å². The van der Waals surface area contributed by atoms with Gasteiger partial charge in [-0.1, -0.05) is 65.7 Å². The third-order valence-electron chi connectivity index (χ3n) is 4.78. The van der Waals surface area contributed by atoms with E-state index in [-0.39, 0.29) is 11.3 Å². The number of hydrogen-bond donors (Lipinski definition) is 1. The average Bonchev–Trinajstić information content (AvgIpc) is 3.00. The Kier molecular flexibility index (Phi) is 5.14. The lowest BCUT2D eigenvalue weighted by atomic mass is 9.95. The fraction of sp³-hybridized carbons (Fsp3) is 0.0435. The average molecular weight is 424 g/mol. The quantitative estimate of drug-likeness (QED) is 0.337. The monoisotopic (exact) mass is 423 g/mol. The molecule has 1 atom stereocenters. The number of nitrogens with zero attached hydrogens (tertiary/aromatic N) is 1. The Morgan fingerprint density at radius 1 is 0.793 bits per heavy atom. The SMILES string of the molecule is O=C1C(=O)N(c2ccc(Cl)cc2)C(c2ccc(Cl)cc2)/C1=C(\O)c1ccccc1. The second kappa shape index (κ2) is 7.74. The molecule has 0 radical (unpaired) electrons. The summed E-state index contributed by atoms with van der Waals surface area (Å²) < 4.78 is 0. The van der Waals surface area contributed by atoms with Crippen LogP contribution in [0.3, 0.4) is 0 Å². The first-order valence-corrected chi connectivity index (χ1v) is 9.60. The van der Waals surface area contributed by atoms with Gasteiger partial charge in [0.05, 0.1) is 11.6 Å². The summed E-state index contributed by atoms with van der Waals surface area (Å²) in [6.07, 6.45) is 0. The van der Waals surface area contributed by atoms with Crippen molar-refractivity contribution in [3.8, 4) is 0 Å². The first-order valence-electron chi connectivity index (χ1n) is 8.85. The maximum atomic E-state index is 13.0. The number of aliphatic hydroxyl groups excluding tert-OH is 1. The van der Waals surface area contributed by atoms with Gasteiger partial charge in [-0.25, -0.2) is 0 Å². The molecule has 0 bridgehead atoms. The molecule has 0 aromatic heterocycles. The van der Waals surface area contributed by atoms with Gasteiger partial charge in [0.25, 0.3) is 11.7 Å². The molecule has 3 aromatic carbocycles. The zero-order valence-electron chi connectivity index (χ0n) is 15.0. The molecule has 1 aliphatic heterocycles. The van der Waals surface area contributed by atoms with Crippen LogP contribution in [-0.2, 0) is 9.59 Å². The van der Waals surface area contributed by atoms with E-state index in [4.69, 9.17) is 23.2 Å². The van der Waals surface area contributed by atoms with Crippen LogP contribution in [0.25, 0.3) is 5.76 Å². The zero-order chi connectivity index (χ0) is 20.5. The predicted molar refractivity (Wildman–Crippen MR) is 114 cm³/mol. The largest absolute Gasteiger partial charge is 0.507 e. The number of halogens is 2. The number of hydrogen-bond acceptors (Lipinski definition) is 3. The van der Waals surface area contributed by atoms with E-state index in [1.165, 1.54) is 4.90 Å². The molecule has 1 unspecified atom stereocenters. The van der Waals surface area contributed by atoms with Crippen molar-refractivity contribution < 1.29 is 14.7 Å². The number of aliphatic hydroxyl groups is 1. The maximum Gasteiger partial charge on any atom is 0.300 e. The van der Waals surface area contributed by atoms with Crippen molar-refractivity contribution in [2.24, 2.45) is 0 Å². The molecule has 1 saturated heterocycles. The van der Waals surface area contributed by atoms with E-state index in [0.29, 0.717) is 26.9 Å². The molecule has 4 nitrogen and oxygen atoms in total. The lowest BCUT2D eigenvalue weighted by molar-refractivity contribution is -0.132. The molecule has 29 heavy (non-hydrogen) atoms. The van der Waals surface area contributed by atoms with Gasteiger partial charge in [-0.3, -0.25) is 14.5 Å². The van der Waals surface area contributed by atoms with E-state index in [2.05, 4.69) is 0 Å². The number of amides is 1. The molecule has 0 spiro atoms. The van der Waals surface area contributed by atoms with Gasteiger partial charge in [-0.05, 0) is 42.0 Å². The van der Waals surface area contributed by atoms with E-state index in [1.807, 2.05) is 0 Å². The van der Waals surface area contributed by atoms with Gasteiger partial charge in [0.1, 0.15) is 5.76 Å². The van der Waals surface area contributed by atoms with E-state index in [1.54, 1.807) is 78.9 Å². The van der Waals surface area contributed by atoms with Crippen LogP contribution in [-0.4, -0.2) is 16.8 Å². The number of carbonyl (C=O) groups is 2. The molecule has 6 heteroatoms. The molecule has 4 rings (SSSR count). The Hall–Kier alpha value is -3.08. The maximum absolute atomic E-state index is 13.0. The third-order valence-corrected chi connectivity index (χ3v) is 5.29. The number of ketones is 1. The summed E-state index contributed by atoms with van der Waals surface area (Å²) in [6.45, 7) is 0. The second-order valence-corrected chi connectivity index (χ2v) is 7.44. The van der Waals surface area contributed by atoms with E-state index >= 15 is 0 Å². The minimum Gasteiger partial charge on any atom is -0.507 e. The van der Waals surface area contributed by atoms with Crippen LogP contribution >= 0.6 is 23.2 Å². The Bertz CT molecular complexity index is 1110. The van der Waals surface area contributed by atoms with E-state index in [9.17, 15) is 14.7 Å². The topological polar surface area (TPSA) is 57.6 Å². The van der Waals surface area contributed by atoms with Crippen molar-refractivity contribution in [3.05, 3.63) is 106 Å². The third kappa shape index (κ3) is 3.53. The molecular weight excluding hydrogens is 409 g/mol. The molecule has 0 aliphatic carbocycles. The summed E-state index contributed by atoms with van der Waals surface area (Å²) in [5.74, 6) is -1.69. The molecule has 1 heterocycles. The van der Waals surface area contributed by atoms with Crippen LogP contribution < -0.4 is 4.90 Å². The Balaban J connectivity index is 1.94. The van der Waals surface area contributed by atoms with Gasteiger partial charge in [0.2, 0.25) is 0 Å². The normalized spacial score (nSPS) is 18.3. The van der Waals surface area contributed by atoms with Gasteiger partial charge < -0.3 is 5.11 Å². The van der Waals surface area contributed by atoms with Gasteiger partial charge in [-0.2, -0.15) is 0 Å². The van der Waals surface area contributed by atoms with Crippen LogP contribution in [0.15, 0.2) is 84.4 Å². The Morgan fingerprint density at radius 2 is 1.34 bits per heavy atom. The highest BCUT2D eigenvalue weighted by Crippen LogP contribution is 2.42. The molecule has 1 fully saturated rings. The fourth-order valence-corrected chi connectivity index (χ4v) is 3.66. The molecule has 1 aliphatic rings. The summed E-state index contributed by atoms with van der Waals surface area (Å²) in [6, 6.07) is 21.3. The van der Waals surface area contributed by atoms with Crippen molar-refractivity contribution in [2.75, 3.05) is 4.90 Å². The molecular formula is C23H15Cl2NO3. The lowest BCUT2D eigenvalue weighted by Crippen LogP contribution is -2.29. The van der Waals surface area contributed by atoms with Gasteiger partial charge in [-0.15, -0.1) is 0 Å². The summed E-state index contributed by atoms with van der Waals surface area (Å²) in [7, 11) is 0. The van der Waals surface area contributed by atoms with Crippen LogP contribution in [0.4, 0.5) is 5.69 Å². The fourth-order valence-electron chi connectivity index (χ4n) is 3.41. The standard InChI is InChI=1S/C23H15Cl2NO3/c24-16-8-6-14(7-9-16)20-19(21(27)15-4-2-1-3-5-15)22(28)23(29)26(20)18-12-10-17(25)11-13-18/h1-13,20,27H/b21-19+. The van der Waals surface area contributed by atoms with Gasteiger partial charge in [0, 0.05) is 21.3 Å². The molecule has 144 valence electrons. The highest BCUT2D eigenvalue weighted by Gasteiger charge is 2.46. The first-order chi connectivity index (χ1) is 14.0. The Morgan fingerprint density at radius 3 is 1.93 bits per heavy atom. The van der Waals surface area contributed by atoms with Crippen molar-refractivity contribution in [3.63, 3.8) is 0 Å². The molecule has 0 saturated carbocycles. The number of rotatable bonds is 3. The zero-order valence-corrected chi connectivity index (χ0v) is 16.6. The highest BCUT2D eigenvalue weighted by molar-refractivity contribution is 6.51. The number of anilines is 1. The predicted octanol–water partition coefficient (Wildman–Crippen LogP) is 5.62. The lowest BCUT2D eigenvalue weighted by Gasteiger charge is -2.25. The number of carbonyl (C=O) groups excluding carboxylic acids is 2. The van der Waals surface area contributed by atoms with E-state index in [0.717, 1.165) is 0 Å². The molecule has 3 aromatic rings. The van der Waals surface area contributed by atoms with Crippen LogP contribution in [0, 0.1) is 0 Å². The van der Waals surface area contributed by atoms with Crippen LogP contribution in [0.1, 0.15) is 17.2 Å². The number of Topliss-reactive ketones (excluding diaryl/α,β-unsaturated/α-hetero) is 1. The van der Waals surface area contributed by atoms with Crippen LogP contribution in [0.5, 0.6) is 0 Å². The van der Waals surface area contributed by atoms with Gasteiger partial charge >= 0.3 is 0 Å². The summed E-state index contributed by atoms with van der Waals surface area (Å²) in [4.78, 5) is 27.3. The molecule has 1 amide bonds. The highest BCUT2D eigenvalue weighted by atomic mass is 35.5. The Labute approximate surface area is 177 Å². The van der Waals surface area contributed by atoms with Gasteiger partial charge in [0.15, 0.2) is 0 Å². The van der Waals surface area contributed by atoms with Crippen LogP contribution in [0.2, 0.25) is 10.0 Å². The minimum absolute atomic E-state index is 0.0264. The van der Waals surface area contributed by atoms with Crippen molar-refractivity contribution in [2.45, 2.75) is 6.04 Å². The van der Waals surface area contributed by atoms with Crippen molar-refractivity contribution in [1.82, 2.24) is 0 Å². The second-order valence-electron chi connectivity index (χ2n) is 6.56. The van der Waals surface area contributed by atoms with E-state index < -0.39 is 17.7 Å². The smallest absolute Gasteiger partial charge is 0.300 e. The number of benzene rings is 3. The summed E-state index contributed by atoms with van der Waals surface area (Å²) in [5.41, 5.74) is 1.64.